The first kappa shape index (κ1) is 11.9. The standard InChI is InChI=1S/C11H13BrN2O/c1-2-3-4-11(15)14(13)10-7-5-9(12)6-8-10/h3-8H,2,13H2,1H3/b4-3-. The zero-order chi connectivity index (χ0) is 11.3. The van der Waals surface area contributed by atoms with Crippen LogP contribution in [0.5, 0.6) is 0 Å². The Labute approximate surface area is 97.7 Å². The minimum absolute atomic E-state index is 0.223. The molecule has 1 rings (SSSR count). The first-order valence-electron chi connectivity index (χ1n) is 4.66. The van der Waals surface area contributed by atoms with Gasteiger partial charge in [0.2, 0.25) is 0 Å². The highest BCUT2D eigenvalue weighted by molar-refractivity contribution is 9.10. The van der Waals surface area contributed by atoms with Crippen LogP contribution < -0.4 is 10.9 Å². The second-order valence-corrected chi connectivity index (χ2v) is 3.91. The van der Waals surface area contributed by atoms with Gasteiger partial charge >= 0.3 is 0 Å². The second-order valence-electron chi connectivity index (χ2n) is 3.00. The minimum atomic E-state index is -0.223. The molecule has 80 valence electrons. The minimum Gasteiger partial charge on any atom is -0.268 e. The smallest absolute Gasteiger partial charge is 0.264 e. The van der Waals surface area contributed by atoms with Crippen LogP contribution in [0.3, 0.4) is 0 Å². The Morgan fingerprint density at radius 2 is 2.07 bits per heavy atom. The predicted molar refractivity (Wildman–Crippen MR) is 65.2 cm³/mol. The number of hydrogen-bond acceptors (Lipinski definition) is 2. The van der Waals surface area contributed by atoms with Crippen molar-refractivity contribution in [1.82, 2.24) is 0 Å². The third-order valence-electron chi connectivity index (χ3n) is 1.84. The van der Waals surface area contributed by atoms with Gasteiger partial charge in [-0.25, -0.2) is 10.9 Å². The monoisotopic (exact) mass is 268 g/mol. The van der Waals surface area contributed by atoms with Gasteiger partial charge in [0.05, 0.1) is 5.69 Å². The maximum atomic E-state index is 11.5. The van der Waals surface area contributed by atoms with E-state index in [4.69, 9.17) is 5.84 Å². The molecular formula is C11H13BrN2O. The number of carbonyl (C=O) groups is 1. The lowest BCUT2D eigenvalue weighted by atomic mass is 10.3. The van der Waals surface area contributed by atoms with Crippen molar-refractivity contribution in [1.29, 1.82) is 0 Å². The SMILES string of the molecule is CC/C=C\C(=O)N(N)c1ccc(Br)cc1. The number of rotatable bonds is 3. The lowest BCUT2D eigenvalue weighted by Gasteiger charge is -2.14. The average molecular weight is 269 g/mol. The van der Waals surface area contributed by atoms with Crippen LogP contribution in [0.2, 0.25) is 0 Å². The molecule has 0 aliphatic heterocycles. The van der Waals surface area contributed by atoms with Gasteiger partial charge in [0.25, 0.3) is 5.91 Å². The highest BCUT2D eigenvalue weighted by Gasteiger charge is 2.07. The van der Waals surface area contributed by atoms with Crippen molar-refractivity contribution >= 4 is 27.5 Å². The Bertz CT molecular complexity index is 359. The van der Waals surface area contributed by atoms with E-state index in [1.54, 1.807) is 18.2 Å². The third kappa shape index (κ3) is 3.49. The number of hydrazine groups is 1. The first-order valence-corrected chi connectivity index (χ1v) is 5.45. The number of carbonyl (C=O) groups excluding carboxylic acids is 1. The van der Waals surface area contributed by atoms with Gasteiger partial charge in [-0.1, -0.05) is 28.9 Å². The van der Waals surface area contributed by atoms with Crippen LogP contribution in [0, 0.1) is 0 Å². The highest BCUT2D eigenvalue weighted by Crippen LogP contribution is 2.16. The molecule has 0 aromatic heterocycles. The quantitative estimate of drug-likeness (QED) is 0.397. The van der Waals surface area contributed by atoms with Gasteiger partial charge in [-0.05, 0) is 30.7 Å². The molecule has 0 aliphatic rings. The van der Waals surface area contributed by atoms with Crippen molar-refractivity contribution < 1.29 is 4.79 Å². The van der Waals surface area contributed by atoms with Crippen molar-refractivity contribution in [2.45, 2.75) is 13.3 Å². The number of hydrogen-bond donors (Lipinski definition) is 1. The molecule has 1 aromatic rings. The molecule has 0 bridgehead atoms. The second kappa shape index (κ2) is 5.68. The largest absolute Gasteiger partial charge is 0.268 e. The third-order valence-corrected chi connectivity index (χ3v) is 2.37. The number of allylic oxidation sites excluding steroid dienone is 1. The number of benzene rings is 1. The molecule has 2 N–H and O–H groups in total. The van der Waals surface area contributed by atoms with Crippen molar-refractivity contribution in [2.75, 3.05) is 5.01 Å². The van der Waals surface area contributed by atoms with Crippen LogP contribution in [0.1, 0.15) is 13.3 Å². The number of amides is 1. The summed E-state index contributed by atoms with van der Waals surface area (Å²) in [5, 5.41) is 1.12. The molecule has 0 aliphatic carbocycles. The van der Waals surface area contributed by atoms with Gasteiger partial charge < -0.3 is 0 Å². The van der Waals surface area contributed by atoms with E-state index in [-0.39, 0.29) is 5.91 Å². The summed E-state index contributed by atoms with van der Waals surface area (Å²) in [4.78, 5) is 11.5. The van der Waals surface area contributed by atoms with Crippen LogP contribution in [-0.4, -0.2) is 5.91 Å². The van der Waals surface area contributed by atoms with E-state index >= 15 is 0 Å². The van der Waals surface area contributed by atoms with Gasteiger partial charge in [0.1, 0.15) is 0 Å². The van der Waals surface area contributed by atoms with Crippen LogP contribution in [0.4, 0.5) is 5.69 Å². The molecule has 1 amide bonds. The molecule has 4 heteroatoms. The van der Waals surface area contributed by atoms with Gasteiger partial charge in [0, 0.05) is 10.5 Å². The molecule has 0 atom stereocenters. The molecule has 0 radical (unpaired) electrons. The molecule has 0 saturated heterocycles. The topological polar surface area (TPSA) is 46.3 Å². The lowest BCUT2D eigenvalue weighted by molar-refractivity contribution is -0.114. The zero-order valence-electron chi connectivity index (χ0n) is 8.48. The fourth-order valence-corrected chi connectivity index (χ4v) is 1.29. The molecule has 0 spiro atoms. The highest BCUT2D eigenvalue weighted by atomic mass is 79.9. The molecule has 15 heavy (non-hydrogen) atoms. The molecular weight excluding hydrogens is 256 g/mol. The van der Waals surface area contributed by atoms with Crippen molar-refractivity contribution in [2.24, 2.45) is 5.84 Å². The van der Waals surface area contributed by atoms with Crippen LogP contribution in [0.15, 0.2) is 40.9 Å². The molecule has 0 fully saturated rings. The predicted octanol–water partition coefficient (Wildman–Crippen LogP) is 2.62. The van der Waals surface area contributed by atoms with Crippen LogP contribution in [-0.2, 0) is 4.79 Å². The average Bonchev–Trinajstić information content (AvgIpc) is 2.26. The Kier molecular flexibility index (Phi) is 4.52. The number of nitrogens with zero attached hydrogens (tertiary/aromatic N) is 1. The number of halogens is 1. The maximum Gasteiger partial charge on any atom is 0.264 e. The Morgan fingerprint density at radius 1 is 1.47 bits per heavy atom. The fraction of sp³-hybridized carbons (Fsp3) is 0.182. The van der Waals surface area contributed by atoms with Crippen molar-refractivity contribution in [3.63, 3.8) is 0 Å². The summed E-state index contributed by atoms with van der Waals surface area (Å²) in [5.41, 5.74) is 0.670. The zero-order valence-corrected chi connectivity index (χ0v) is 10.1. The molecule has 0 saturated carbocycles. The van der Waals surface area contributed by atoms with Crippen molar-refractivity contribution in [3.8, 4) is 0 Å². The normalized spacial score (nSPS) is 10.6. The van der Waals surface area contributed by atoms with Gasteiger partial charge in [-0.3, -0.25) is 4.79 Å². The summed E-state index contributed by atoms with van der Waals surface area (Å²) in [5.74, 6) is 5.42. The van der Waals surface area contributed by atoms with E-state index < -0.39 is 0 Å². The first-order chi connectivity index (χ1) is 7.15. The summed E-state index contributed by atoms with van der Waals surface area (Å²) in [6, 6.07) is 7.24. The van der Waals surface area contributed by atoms with E-state index in [0.29, 0.717) is 5.69 Å². The summed E-state index contributed by atoms with van der Waals surface area (Å²) in [6.45, 7) is 1.96. The lowest BCUT2D eigenvalue weighted by Crippen LogP contribution is -2.36. The number of anilines is 1. The molecule has 0 heterocycles. The van der Waals surface area contributed by atoms with Gasteiger partial charge in [0.15, 0.2) is 0 Å². The summed E-state index contributed by atoms with van der Waals surface area (Å²) < 4.78 is 0.955. The Morgan fingerprint density at radius 3 is 2.60 bits per heavy atom. The van der Waals surface area contributed by atoms with E-state index in [0.717, 1.165) is 15.9 Å². The number of nitrogens with two attached hydrogens (primary N) is 1. The Hall–Kier alpha value is -1.13. The summed E-state index contributed by atoms with van der Waals surface area (Å²) in [7, 11) is 0. The van der Waals surface area contributed by atoms with Gasteiger partial charge in [-0.2, -0.15) is 0 Å². The van der Waals surface area contributed by atoms with Gasteiger partial charge in [-0.15, -0.1) is 0 Å². The van der Waals surface area contributed by atoms with E-state index in [1.165, 1.54) is 6.08 Å². The summed E-state index contributed by atoms with van der Waals surface area (Å²) >= 11 is 3.32. The Balaban J connectivity index is 2.76. The maximum absolute atomic E-state index is 11.5. The van der Waals surface area contributed by atoms with Crippen LogP contribution in [0.25, 0.3) is 0 Å². The fourth-order valence-electron chi connectivity index (χ4n) is 1.03. The molecule has 0 unspecified atom stereocenters. The van der Waals surface area contributed by atoms with E-state index in [9.17, 15) is 4.79 Å². The van der Waals surface area contributed by atoms with Crippen LogP contribution >= 0.6 is 15.9 Å². The van der Waals surface area contributed by atoms with E-state index in [1.807, 2.05) is 19.1 Å². The molecule has 3 nitrogen and oxygen atoms in total. The summed E-state index contributed by atoms with van der Waals surface area (Å²) in [6.07, 6.45) is 4.07. The van der Waals surface area contributed by atoms with E-state index in [2.05, 4.69) is 15.9 Å². The molecule has 1 aromatic carbocycles. The van der Waals surface area contributed by atoms with Crippen molar-refractivity contribution in [3.05, 3.63) is 40.9 Å².